The van der Waals surface area contributed by atoms with Crippen LogP contribution in [0.2, 0.25) is 0 Å². The van der Waals surface area contributed by atoms with E-state index in [0.29, 0.717) is 18.2 Å². The van der Waals surface area contributed by atoms with Crippen LogP contribution in [0, 0.1) is 0 Å². The van der Waals surface area contributed by atoms with Crippen molar-refractivity contribution in [3.05, 3.63) is 29.8 Å². The van der Waals surface area contributed by atoms with E-state index >= 15 is 0 Å². The fourth-order valence-corrected chi connectivity index (χ4v) is 3.11. The number of carboxylic acid groups (broad SMARTS) is 1. The Morgan fingerprint density at radius 2 is 1.69 bits per heavy atom. The number of carbonyl (C=O) groups is 1. The number of anilines is 1. The molecule has 0 unspecified atom stereocenters. The van der Waals surface area contributed by atoms with Crippen LogP contribution in [0.5, 0.6) is 0 Å². The van der Waals surface area contributed by atoms with E-state index in [-0.39, 0.29) is 6.42 Å². The average Bonchev–Trinajstić information content (AvgIpc) is 2.63. The predicted octanol–water partition coefficient (Wildman–Crippen LogP) is 3.42. The number of aliphatic carboxylic acids is 1. The summed E-state index contributed by atoms with van der Waals surface area (Å²) in [4.78, 5) is 12.6. The molecule has 26 heavy (non-hydrogen) atoms. The third kappa shape index (κ3) is 10.4. The topological polar surface area (TPSA) is 55.8 Å². The van der Waals surface area contributed by atoms with Gasteiger partial charge in [0.05, 0.1) is 0 Å². The third-order valence-corrected chi connectivity index (χ3v) is 4.60. The van der Waals surface area contributed by atoms with Crippen LogP contribution in [0.4, 0.5) is 5.69 Å². The standard InChI is InChI=1S/C14H19Cl2NO2.C4H9ClN2/c15-8-10-17(11-9-16)13-6-4-12(5-7-13)2-1-3-14(18)19;5-7-3-1-6-2-4-7/h4-7H,1-3,8-11H2,(H,18,19);6H,1-4H2. The first kappa shape index (κ1) is 23.3. The molecule has 0 bridgehead atoms. The molecule has 8 heteroatoms. The molecule has 1 fully saturated rings. The van der Waals surface area contributed by atoms with Gasteiger partial charge in [-0.25, -0.2) is 4.42 Å². The third-order valence-electron chi connectivity index (χ3n) is 3.93. The van der Waals surface area contributed by atoms with E-state index in [2.05, 4.69) is 10.2 Å². The molecule has 1 aliphatic rings. The quantitative estimate of drug-likeness (QED) is 0.470. The van der Waals surface area contributed by atoms with Gasteiger partial charge in [-0.3, -0.25) is 4.79 Å². The lowest BCUT2D eigenvalue weighted by Gasteiger charge is -2.23. The van der Waals surface area contributed by atoms with Gasteiger partial charge in [-0.15, -0.1) is 23.2 Å². The summed E-state index contributed by atoms with van der Waals surface area (Å²) in [5.74, 6) is 0.390. The fraction of sp³-hybridized carbons (Fsp3) is 0.611. The van der Waals surface area contributed by atoms with Crippen LogP contribution < -0.4 is 10.2 Å². The lowest BCUT2D eigenvalue weighted by molar-refractivity contribution is -0.137. The first-order valence-electron chi connectivity index (χ1n) is 8.86. The number of hydrogen-bond donors (Lipinski definition) is 2. The Labute approximate surface area is 171 Å². The molecule has 2 N–H and O–H groups in total. The molecule has 0 atom stereocenters. The van der Waals surface area contributed by atoms with Crippen LogP contribution in [-0.2, 0) is 11.2 Å². The predicted molar refractivity (Wildman–Crippen MR) is 111 cm³/mol. The number of aryl methyl sites for hydroxylation is 1. The van der Waals surface area contributed by atoms with Crippen molar-refractivity contribution in [1.82, 2.24) is 9.74 Å². The van der Waals surface area contributed by atoms with Crippen LogP contribution in [0.25, 0.3) is 0 Å². The highest BCUT2D eigenvalue weighted by Crippen LogP contribution is 2.16. The summed E-state index contributed by atoms with van der Waals surface area (Å²) in [7, 11) is 0. The number of nitrogens with zero attached hydrogens (tertiary/aromatic N) is 2. The second kappa shape index (κ2) is 14.4. The van der Waals surface area contributed by atoms with E-state index in [9.17, 15) is 4.79 Å². The number of nitrogens with one attached hydrogen (secondary N) is 1. The molecule has 1 aromatic carbocycles. The lowest BCUT2D eigenvalue weighted by atomic mass is 10.1. The molecule has 0 spiro atoms. The number of hydrogen-bond acceptors (Lipinski definition) is 4. The highest BCUT2D eigenvalue weighted by atomic mass is 35.5. The molecule has 1 saturated heterocycles. The van der Waals surface area contributed by atoms with Gasteiger partial charge in [0, 0.05) is 63.1 Å². The van der Waals surface area contributed by atoms with Crippen molar-refractivity contribution in [2.45, 2.75) is 19.3 Å². The van der Waals surface area contributed by atoms with Crippen LogP contribution in [0.3, 0.4) is 0 Å². The molecule has 0 aromatic heterocycles. The van der Waals surface area contributed by atoms with E-state index in [1.165, 1.54) is 0 Å². The summed E-state index contributed by atoms with van der Waals surface area (Å²) in [6.07, 6.45) is 1.67. The fourth-order valence-electron chi connectivity index (χ4n) is 2.53. The number of halogens is 3. The van der Waals surface area contributed by atoms with Gasteiger partial charge in [-0.1, -0.05) is 12.1 Å². The van der Waals surface area contributed by atoms with Crippen molar-refractivity contribution in [3.8, 4) is 0 Å². The molecular formula is C18H28Cl3N3O2. The van der Waals surface area contributed by atoms with Gasteiger partial charge in [0.25, 0.3) is 0 Å². The monoisotopic (exact) mass is 423 g/mol. The van der Waals surface area contributed by atoms with Crippen molar-refractivity contribution < 1.29 is 9.90 Å². The molecule has 1 aliphatic heterocycles. The molecule has 5 nitrogen and oxygen atoms in total. The molecule has 0 aliphatic carbocycles. The van der Waals surface area contributed by atoms with Gasteiger partial charge in [0.15, 0.2) is 0 Å². The minimum Gasteiger partial charge on any atom is -0.481 e. The van der Waals surface area contributed by atoms with Gasteiger partial charge in [-0.05, 0) is 42.3 Å². The zero-order chi connectivity index (χ0) is 19.2. The van der Waals surface area contributed by atoms with E-state index in [0.717, 1.165) is 56.9 Å². The molecule has 1 heterocycles. The second-order valence-corrected chi connectivity index (χ2v) is 7.17. The maximum atomic E-state index is 10.4. The Bertz CT molecular complexity index is 491. The van der Waals surface area contributed by atoms with Crippen molar-refractivity contribution in [2.75, 3.05) is 55.9 Å². The van der Waals surface area contributed by atoms with Crippen molar-refractivity contribution in [1.29, 1.82) is 0 Å². The van der Waals surface area contributed by atoms with Gasteiger partial charge in [-0.2, -0.15) is 0 Å². The SMILES string of the molecule is ClN1CCNCC1.O=C(O)CCCc1ccc(N(CCCl)CCCl)cc1. The average molecular weight is 425 g/mol. The van der Waals surface area contributed by atoms with Crippen molar-refractivity contribution in [2.24, 2.45) is 0 Å². The highest BCUT2D eigenvalue weighted by Gasteiger charge is 2.05. The van der Waals surface area contributed by atoms with Crippen LogP contribution in [0.15, 0.2) is 24.3 Å². The summed E-state index contributed by atoms with van der Waals surface area (Å²) in [5.41, 5.74) is 2.25. The molecule has 2 rings (SSSR count). The van der Waals surface area contributed by atoms with Crippen molar-refractivity contribution >= 4 is 46.6 Å². The number of rotatable bonds is 9. The number of carboxylic acids is 1. The minimum atomic E-state index is -0.743. The Morgan fingerprint density at radius 3 is 2.12 bits per heavy atom. The normalized spacial score (nSPS) is 14.4. The summed E-state index contributed by atoms with van der Waals surface area (Å²) >= 11 is 17.2. The smallest absolute Gasteiger partial charge is 0.303 e. The summed E-state index contributed by atoms with van der Waals surface area (Å²) < 4.78 is 1.80. The van der Waals surface area contributed by atoms with Crippen LogP contribution in [0.1, 0.15) is 18.4 Å². The molecule has 1 aromatic rings. The molecular weight excluding hydrogens is 397 g/mol. The Balaban J connectivity index is 0.000000401. The zero-order valence-electron chi connectivity index (χ0n) is 15.0. The Kier molecular flexibility index (Phi) is 12.9. The summed E-state index contributed by atoms with van der Waals surface area (Å²) in [5, 5.41) is 11.8. The molecule has 0 amide bonds. The highest BCUT2D eigenvalue weighted by molar-refractivity contribution is 6.18. The maximum Gasteiger partial charge on any atom is 0.303 e. The first-order valence-corrected chi connectivity index (χ1v) is 10.3. The van der Waals surface area contributed by atoms with Gasteiger partial charge in [0.1, 0.15) is 0 Å². The zero-order valence-corrected chi connectivity index (χ0v) is 17.2. The Hall–Kier alpha value is -0.720. The lowest BCUT2D eigenvalue weighted by Crippen LogP contribution is -2.38. The molecule has 148 valence electrons. The number of benzene rings is 1. The summed E-state index contributed by atoms with van der Waals surface area (Å²) in [6.45, 7) is 5.55. The maximum absolute atomic E-state index is 10.4. The van der Waals surface area contributed by atoms with Gasteiger partial charge in [0.2, 0.25) is 0 Å². The first-order chi connectivity index (χ1) is 12.6. The minimum absolute atomic E-state index is 0.215. The van der Waals surface area contributed by atoms with Crippen molar-refractivity contribution in [3.63, 3.8) is 0 Å². The van der Waals surface area contributed by atoms with Gasteiger partial charge < -0.3 is 15.3 Å². The van der Waals surface area contributed by atoms with Crippen LogP contribution >= 0.6 is 35.0 Å². The molecule has 0 saturated carbocycles. The van der Waals surface area contributed by atoms with E-state index in [1.54, 1.807) is 4.42 Å². The van der Waals surface area contributed by atoms with Gasteiger partial charge >= 0.3 is 5.97 Å². The van der Waals surface area contributed by atoms with E-state index in [4.69, 9.17) is 40.1 Å². The van der Waals surface area contributed by atoms with Crippen LogP contribution in [-0.4, -0.2) is 66.5 Å². The molecule has 0 radical (unpaired) electrons. The largest absolute Gasteiger partial charge is 0.481 e. The summed E-state index contributed by atoms with van der Waals surface area (Å²) in [6, 6.07) is 8.14. The number of alkyl halides is 2. The van der Waals surface area contributed by atoms with E-state index in [1.807, 2.05) is 24.3 Å². The van der Waals surface area contributed by atoms with E-state index < -0.39 is 5.97 Å². The second-order valence-electron chi connectivity index (χ2n) is 5.94. The Morgan fingerprint density at radius 1 is 1.12 bits per heavy atom. The number of piperazine rings is 1.